The number of nitrogens with zero attached hydrogens (tertiary/aromatic N) is 1. The zero-order valence-corrected chi connectivity index (χ0v) is 13.3. The number of likely N-dealkylation sites (N-methyl/N-ethyl adjacent to an activating group) is 1. The number of benzene rings is 1. The lowest BCUT2D eigenvalue weighted by Crippen LogP contribution is -2.35. The van der Waals surface area contributed by atoms with Crippen molar-refractivity contribution in [3.8, 4) is 17.6 Å². The van der Waals surface area contributed by atoms with E-state index in [1.54, 1.807) is 14.2 Å². The summed E-state index contributed by atoms with van der Waals surface area (Å²) in [6.07, 6.45) is 0. The Bertz CT molecular complexity index is 491. The first-order valence-corrected chi connectivity index (χ1v) is 7.15. The van der Waals surface area contributed by atoms with Gasteiger partial charge in [-0.15, -0.1) is 0 Å². The van der Waals surface area contributed by atoms with Crippen molar-refractivity contribution in [2.24, 2.45) is 0 Å². The highest BCUT2D eigenvalue weighted by atomic mass is 16.5. The predicted octanol–water partition coefficient (Wildman–Crippen LogP) is 1.90. The standard InChI is InChI=1S/C17H25NO3/c1-5-18(14(2)13-20-3)12-16-11-15(7-6-10-19)8-9-17(16)21-4/h8-9,11,14,19H,5,10,12-13H2,1-4H3. The smallest absolute Gasteiger partial charge is 0.123 e. The topological polar surface area (TPSA) is 41.9 Å². The fourth-order valence-electron chi connectivity index (χ4n) is 2.27. The normalized spacial score (nSPS) is 11.9. The Morgan fingerprint density at radius 2 is 2.10 bits per heavy atom. The van der Waals surface area contributed by atoms with Crippen molar-refractivity contribution < 1.29 is 14.6 Å². The Morgan fingerprint density at radius 3 is 2.67 bits per heavy atom. The van der Waals surface area contributed by atoms with E-state index in [9.17, 15) is 0 Å². The van der Waals surface area contributed by atoms with Gasteiger partial charge in [-0.2, -0.15) is 0 Å². The molecule has 0 fully saturated rings. The average molecular weight is 291 g/mol. The number of aliphatic hydroxyl groups is 1. The van der Waals surface area contributed by atoms with Gasteiger partial charge in [-0.1, -0.05) is 18.8 Å². The Balaban J connectivity index is 2.97. The van der Waals surface area contributed by atoms with Crippen LogP contribution in [-0.2, 0) is 11.3 Å². The van der Waals surface area contributed by atoms with E-state index in [1.807, 2.05) is 18.2 Å². The molecule has 0 aromatic heterocycles. The molecule has 0 saturated heterocycles. The van der Waals surface area contributed by atoms with Gasteiger partial charge >= 0.3 is 0 Å². The average Bonchev–Trinajstić information content (AvgIpc) is 2.50. The van der Waals surface area contributed by atoms with Gasteiger partial charge < -0.3 is 14.6 Å². The Kier molecular flexibility index (Phi) is 7.84. The third-order valence-corrected chi connectivity index (χ3v) is 3.40. The maximum Gasteiger partial charge on any atom is 0.123 e. The maximum atomic E-state index is 8.79. The van der Waals surface area contributed by atoms with Crippen molar-refractivity contribution >= 4 is 0 Å². The minimum absolute atomic E-state index is 0.132. The van der Waals surface area contributed by atoms with Crippen molar-refractivity contribution in [2.75, 3.05) is 34.0 Å². The molecule has 0 aliphatic rings. The zero-order chi connectivity index (χ0) is 15.7. The van der Waals surface area contributed by atoms with E-state index in [1.165, 1.54) is 0 Å². The van der Waals surface area contributed by atoms with E-state index in [0.717, 1.165) is 30.0 Å². The van der Waals surface area contributed by atoms with E-state index in [-0.39, 0.29) is 6.61 Å². The van der Waals surface area contributed by atoms with Gasteiger partial charge in [0.2, 0.25) is 0 Å². The molecule has 116 valence electrons. The Labute approximate surface area is 127 Å². The third kappa shape index (κ3) is 5.39. The Hall–Kier alpha value is -1.54. The van der Waals surface area contributed by atoms with E-state index in [2.05, 4.69) is 30.6 Å². The van der Waals surface area contributed by atoms with E-state index >= 15 is 0 Å². The molecule has 0 bridgehead atoms. The van der Waals surface area contributed by atoms with Gasteiger partial charge in [0.25, 0.3) is 0 Å². The van der Waals surface area contributed by atoms with Crippen LogP contribution in [0.25, 0.3) is 0 Å². The zero-order valence-electron chi connectivity index (χ0n) is 13.3. The maximum absolute atomic E-state index is 8.79. The van der Waals surface area contributed by atoms with Crippen LogP contribution in [0.2, 0.25) is 0 Å². The third-order valence-electron chi connectivity index (χ3n) is 3.40. The largest absolute Gasteiger partial charge is 0.496 e. The fourth-order valence-corrected chi connectivity index (χ4v) is 2.27. The van der Waals surface area contributed by atoms with Crippen LogP contribution in [0.1, 0.15) is 25.0 Å². The molecule has 21 heavy (non-hydrogen) atoms. The molecular formula is C17H25NO3. The van der Waals surface area contributed by atoms with Gasteiger partial charge in [0.05, 0.1) is 13.7 Å². The molecule has 0 heterocycles. The Morgan fingerprint density at radius 1 is 1.33 bits per heavy atom. The van der Waals surface area contributed by atoms with Crippen LogP contribution >= 0.6 is 0 Å². The molecule has 0 aliphatic carbocycles. The highest BCUT2D eigenvalue weighted by Gasteiger charge is 2.14. The van der Waals surface area contributed by atoms with Gasteiger partial charge in [-0.25, -0.2) is 0 Å². The monoisotopic (exact) mass is 291 g/mol. The second-order valence-corrected chi connectivity index (χ2v) is 4.85. The van der Waals surface area contributed by atoms with E-state index < -0.39 is 0 Å². The van der Waals surface area contributed by atoms with E-state index in [4.69, 9.17) is 14.6 Å². The number of hydrogen-bond donors (Lipinski definition) is 1. The first kappa shape index (κ1) is 17.5. The summed E-state index contributed by atoms with van der Waals surface area (Å²) in [6.45, 7) is 6.55. The summed E-state index contributed by atoms with van der Waals surface area (Å²) in [5.74, 6) is 6.46. The number of ether oxygens (including phenoxy) is 2. The molecule has 1 unspecified atom stereocenters. The van der Waals surface area contributed by atoms with Gasteiger partial charge in [-0.3, -0.25) is 4.90 Å². The minimum Gasteiger partial charge on any atom is -0.496 e. The molecule has 1 aromatic carbocycles. The summed E-state index contributed by atoms with van der Waals surface area (Å²) >= 11 is 0. The number of hydrogen-bond acceptors (Lipinski definition) is 4. The summed E-state index contributed by atoms with van der Waals surface area (Å²) in [4.78, 5) is 2.32. The second kappa shape index (κ2) is 9.41. The SMILES string of the molecule is CCN(Cc1cc(C#CCO)ccc1OC)C(C)COC. The molecule has 0 radical (unpaired) electrons. The predicted molar refractivity (Wildman–Crippen MR) is 84.4 cm³/mol. The summed E-state index contributed by atoms with van der Waals surface area (Å²) in [7, 11) is 3.39. The summed E-state index contributed by atoms with van der Waals surface area (Å²) in [5, 5.41) is 8.79. The van der Waals surface area contributed by atoms with Crippen LogP contribution in [-0.4, -0.2) is 50.0 Å². The molecule has 0 spiro atoms. The molecular weight excluding hydrogens is 266 g/mol. The molecule has 4 heteroatoms. The number of aliphatic hydroxyl groups excluding tert-OH is 1. The molecule has 0 aliphatic heterocycles. The van der Waals surface area contributed by atoms with Crippen LogP contribution < -0.4 is 4.74 Å². The van der Waals surface area contributed by atoms with Gasteiger partial charge in [0.1, 0.15) is 12.4 Å². The summed E-state index contributed by atoms with van der Waals surface area (Å²) in [5.41, 5.74) is 1.97. The second-order valence-electron chi connectivity index (χ2n) is 4.85. The first-order valence-electron chi connectivity index (χ1n) is 7.15. The van der Waals surface area contributed by atoms with Crippen LogP contribution in [0.4, 0.5) is 0 Å². The van der Waals surface area contributed by atoms with Crippen LogP contribution in [0.3, 0.4) is 0 Å². The number of rotatable bonds is 7. The van der Waals surface area contributed by atoms with Crippen molar-refractivity contribution in [3.63, 3.8) is 0 Å². The number of methoxy groups -OCH3 is 2. The lowest BCUT2D eigenvalue weighted by Gasteiger charge is -2.28. The lowest BCUT2D eigenvalue weighted by molar-refractivity contribution is 0.0976. The van der Waals surface area contributed by atoms with Gasteiger partial charge in [0.15, 0.2) is 0 Å². The molecule has 4 nitrogen and oxygen atoms in total. The highest BCUT2D eigenvalue weighted by Crippen LogP contribution is 2.22. The minimum atomic E-state index is -0.132. The van der Waals surface area contributed by atoms with Gasteiger partial charge in [0, 0.05) is 30.8 Å². The molecule has 1 aromatic rings. The molecule has 1 N–H and O–H groups in total. The van der Waals surface area contributed by atoms with Crippen LogP contribution in [0.15, 0.2) is 18.2 Å². The molecule has 0 amide bonds. The lowest BCUT2D eigenvalue weighted by atomic mass is 10.1. The van der Waals surface area contributed by atoms with Crippen molar-refractivity contribution in [1.82, 2.24) is 4.90 Å². The molecule has 0 saturated carbocycles. The van der Waals surface area contributed by atoms with Crippen LogP contribution in [0.5, 0.6) is 5.75 Å². The quantitative estimate of drug-likeness (QED) is 0.779. The highest BCUT2D eigenvalue weighted by molar-refractivity contribution is 5.44. The van der Waals surface area contributed by atoms with Crippen LogP contribution in [0, 0.1) is 11.8 Å². The summed E-state index contributed by atoms with van der Waals surface area (Å²) in [6, 6.07) is 6.17. The molecule has 1 rings (SSSR count). The van der Waals surface area contributed by atoms with Crippen molar-refractivity contribution in [3.05, 3.63) is 29.3 Å². The van der Waals surface area contributed by atoms with Gasteiger partial charge in [-0.05, 0) is 31.7 Å². The van der Waals surface area contributed by atoms with Crippen molar-refractivity contribution in [1.29, 1.82) is 0 Å². The summed E-state index contributed by atoms with van der Waals surface area (Å²) < 4.78 is 10.7. The fraction of sp³-hybridized carbons (Fsp3) is 0.529. The van der Waals surface area contributed by atoms with E-state index in [0.29, 0.717) is 12.6 Å². The molecule has 1 atom stereocenters. The van der Waals surface area contributed by atoms with Crippen molar-refractivity contribution in [2.45, 2.75) is 26.4 Å². The first-order chi connectivity index (χ1) is 10.2.